The van der Waals surface area contributed by atoms with E-state index >= 15 is 0 Å². The lowest BCUT2D eigenvalue weighted by molar-refractivity contribution is 0.145. The highest BCUT2D eigenvalue weighted by Crippen LogP contribution is 2.27. The number of hydrogen-bond donors (Lipinski definition) is 1. The fourth-order valence-corrected chi connectivity index (χ4v) is 5.52. The monoisotopic (exact) mass is 360 g/mol. The second kappa shape index (κ2) is 6.64. The molecule has 25 heavy (non-hydrogen) atoms. The van der Waals surface area contributed by atoms with Gasteiger partial charge in [-0.15, -0.1) is 0 Å². The standard InChI is InChI=1S/C18H24N4O2S/c1-14-4-5-17(16-3-2-7-20-18(14)16)25(23,24)22-11-9-21(10-12-22)15-6-8-19-13-15/h2-5,7,15,19H,6,8-13H2,1H3. The first-order chi connectivity index (χ1) is 12.1. The molecule has 0 saturated carbocycles. The van der Waals surface area contributed by atoms with E-state index in [1.807, 2.05) is 19.1 Å². The van der Waals surface area contributed by atoms with E-state index in [-0.39, 0.29) is 0 Å². The van der Waals surface area contributed by atoms with Crippen molar-refractivity contribution in [1.82, 2.24) is 19.5 Å². The van der Waals surface area contributed by atoms with Gasteiger partial charge in [-0.1, -0.05) is 6.07 Å². The van der Waals surface area contributed by atoms with Crippen LogP contribution in [0.15, 0.2) is 35.4 Å². The zero-order valence-electron chi connectivity index (χ0n) is 14.5. The molecule has 2 aromatic rings. The van der Waals surface area contributed by atoms with Crippen LogP contribution in [0.3, 0.4) is 0 Å². The minimum atomic E-state index is -3.50. The Balaban J connectivity index is 1.60. The van der Waals surface area contributed by atoms with E-state index in [2.05, 4.69) is 15.2 Å². The van der Waals surface area contributed by atoms with Crippen molar-refractivity contribution < 1.29 is 8.42 Å². The molecule has 1 aromatic carbocycles. The molecule has 1 atom stereocenters. The molecule has 2 aliphatic rings. The molecule has 3 heterocycles. The van der Waals surface area contributed by atoms with E-state index in [1.54, 1.807) is 22.6 Å². The number of benzene rings is 1. The average molecular weight is 360 g/mol. The topological polar surface area (TPSA) is 65.5 Å². The maximum atomic E-state index is 13.2. The van der Waals surface area contributed by atoms with Gasteiger partial charge in [-0.25, -0.2) is 8.42 Å². The minimum Gasteiger partial charge on any atom is -0.315 e. The zero-order chi connectivity index (χ0) is 17.4. The Bertz CT molecular complexity index is 870. The fraction of sp³-hybridized carbons (Fsp3) is 0.500. The first-order valence-corrected chi connectivity index (χ1v) is 10.3. The molecule has 7 heteroatoms. The summed E-state index contributed by atoms with van der Waals surface area (Å²) >= 11 is 0. The molecule has 0 spiro atoms. The summed E-state index contributed by atoms with van der Waals surface area (Å²) in [4.78, 5) is 7.16. The van der Waals surface area contributed by atoms with Gasteiger partial charge in [0.25, 0.3) is 0 Å². The van der Waals surface area contributed by atoms with E-state index in [1.165, 1.54) is 0 Å². The SMILES string of the molecule is Cc1ccc(S(=O)(=O)N2CCN(C3CCNC3)CC2)c2cccnc12. The highest BCUT2D eigenvalue weighted by atomic mass is 32.2. The molecule has 0 amide bonds. The van der Waals surface area contributed by atoms with Crippen LogP contribution in [-0.2, 0) is 10.0 Å². The summed E-state index contributed by atoms with van der Waals surface area (Å²) in [5.41, 5.74) is 1.76. The molecule has 4 rings (SSSR count). The predicted molar refractivity (Wildman–Crippen MR) is 98.1 cm³/mol. The minimum absolute atomic E-state index is 0.372. The van der Waals surface area contributed by atoms with Crippen LogP contribution in [0, 0.1) is 6.92 Å². The van der Waals surface area contributed by atoms with Gasteiger partial charge >= 0.3 is 0 Å². The van der Waals surface area contributed by atoms with Gasteiger partial charge in [0.1, 0.15) is 0 Å². The van der Waals surface area contributed by atoms with Gasteiger partial charge in [-0.3, -0.25) is 9.88 Å². The van der Waals surface area contributed by atoms with Crippen molar-refractivity contribution in [2.45, 2.75) is 24.3 Å². The van der Waals surface area contributed by atoms with Crippen LogP contribution >= 0.6 is 0 Å². The second-order valence-corrected chi connectivity index (χ2v) is 8.77. The number of fused-ring (bicyclic) bond motifs is 1. The third-order valence-electron chi connectivity index (χ3n) is 5.37. The fourth-order valence-electron chi connectivity index (χ4n) is 3.91. The number of aryl methyl sites for hydroxylation is 1. The molecule has 1 unspecified atom stereocenters. The van der Waals surface area contributed by atoms with E-state index < -0.39 is 10.0 Å². The summed E-state index contributed by atoms with van der Waals surface area (Å²) in [5.74, 6) is 0. The molecule has 1 N–H and O–H groups in total. The summed E-state index contributed by atoms with van der Waals surface area (Å²) in [7, 11) is -3.50. The first kappa shape index (κ1) is 16.9. The maximum absolute atomic E-state index is 13.2. The van der Waals surface area contributed by atoms with Crippen LogP contribution in [-0.4, -0.2) is 67.9 Å². The van der Waals surface area contributed by atoms with Crippen molar-refractivity contribution in [2.24, 2.45) is 0 Å². The van der Waals surface area contributed by atoms with E-state index in [9.17, 15) is 8.42 Å². The molecule has 1 aromatic heterocycles. The summed E-state index contributed by atoms with van der Waals surface area (Å²) in [5, 5.41) is 4.09. The number of pyridine rings is 1. The van der Waals surface area contributed by atoms with Gasteiger partial charge in [0, 0.05) is 50.3 Å². The van der Waals surface area contributed by atoms with Crippen LogP contribution in [0.5, 0.6) is 0 Å². The zero-order valence-corrected chi connectivity index (χ0v) is 15.3. The highest BCUT2D eigenvalue weighted by Gasteiger charge is 2.32. The molecule has 0 radical (unpaired) electrons. The van der Waals surface area contributed by atoms with E-state index in [4.69, 9.17) is 0 Å². The number of piperazine rings is 1. The Morgan fingerprint density at radius 3 is 2.68 bits per heavy atom. The van der Waals surface area contributed by atoms with Crippen molar-refractivity contribution in [3.63, 3.8) is 0 Å². The number of aromatic nitrogens is 1. The van der Waals surface area contributed by atoms with E-state index in [0.717, 1.165) is 43.7 Å². The van der Waals surface area contributed by atoms with Crippen LogP contribution in [0.4, 0.5) is 0 Å². The molecule has 2 saturated heterocycles. The molecule has 2 aliphatic heterocycles. The Morgan fingerprint density at radius 2 is 1.96 bits per heavy atom. The molecule has 2 fully saturated rings. The lowest BCUT2D eigenvalue weighted by atomic mass is 10.1. The Kier molecular flexibility index (Phi) is 4.49. The molecule has 0 bridgehead atoms. The van der Waals surface area contributed by atoms with Crippen molar-refractivity contribution in [1.29, 1.82) is 0 Å². The van der Waals surface area contributed by atoms with Crippen LogP contribution in [0.25, 0.3) is 10.9 Å². The Labute approximate surface area is 148 Å². The summed E-state index contributed by atoms with van der Waals surface area (Å²) in [6, 6.07) is 7.77. The van der Waals surface area contributed by atoms with Crippen molar-refractivity contribution in [3.05, 3.63) is 36.0 Å². The van der Waals surface area contributed by atoms with Crippen molar-refractivity contribution in [2.75, 3.05) is 39.3 Å². The summed E-state index contributed by atoms with van der Waals surface area (Å²) in [6.45, 7) is 6.73. The average Bonchev–Trinajstić information content (AvgIpc) is 3.17. The number of hydrogen-bond acceptors (Lipinski definition) is 5. The lowest BCUT2D eigenvalue weighted by Gasteiger charge is -2.37. The molecule has 6 nitrogen and oxygen atoms in total. The largest absolute Gasteiger partial charge is 0.315 e. The number of nitrogens with zero attached hydrogens (tertiary/aromatic N) is 3. The van der Waals surface area contributed by atoms with Crippen molar-refractivity contribution in [3.8, 4) is 0 Å². The molecule has 134 valence electrons. The van der Waals surface area contributed by atoms with Crippen molar-refractivity contribution >= 4 is 20.9 Å². The summed E-state index contributed by atoms with van der Waals surface area (Å²) < 4.78 is 28.0. The molecular formula is C18H24N4O2S. The third kappa shape index (κ3) is 3.06. The molecule has 0 aliphatic carbocycles. The van der Waals surface area contributed by atoms with Gasteiger partial charge < -0.3 is 5.32 Å². The van der Waals surface area contributed by atoms with Crippen LogP contribution in [0.1, 0.15) is 12.0 Å². The second-order valence-electron chi connectivity index (χ2n) is 6.87. The third-order valence-corrected chi connectivity index (χ3v) is 7.33. The number of rotatable bonds is 3. The van der Waals surface area contributed by atoms with Gasteiger partial charge in [-0.05, 0) is 43.7 Å². The summed E-state index contributed by atoms with van der Waals surface area (Å²) in [6.07, 6.45) is 2.86. The van der Waals surface area contributed by atoms with E-state index in [0.29, 0.717) is 29.4 Å². The van der Waals surface area contributed by atoms with Crippen LogP contribution in [0.2, 0.25) is 0 Å². The first-order valence-electron chi connectivity index (χ1n) is 8.86. The number of sulfonamides is 1. The maximum Gasteiger partial charge on any atom is 0.243 e. The predicted octanol–water partition coefficient (Wildman–Crippen LogP) is 1.21. The normalized spacial score (nSPS) is 23.3. The van der Waals surface area contributed by atoms with Gasteiger partial charge in [0.05, 0.1) is 10.4 Å². The quantitative estimate of drug-likeness (QED) is 0.891. The van der Waals surface area contributed by atoms with Gasteiger partial charge in [0.15, 0.2) is 0 Å². The van der Waals surface area contributed by atoms with Gasteiger partial charge in [0.2, 0.25) is 10.0 Å². The van der Waals surface area contributed by atoms with Crippen LogP contribution < -0.4 is 5.32 Å². The highest BCUT2D eigenvalue weighted by molar-refractivity contribution is 7.89. The smallest absolute Gasteiger partial charge is 0.243 e. The lowest BCUT2D eigenvalue weighted by Crippen LogP contribution is -2.52. The molecular weight excluding hydrogens is 336 g/mol. The Morgan fingerprint density at radius 1 is 1.16 bits per heavy atom. The van der Waals surface area contributed by atoms with Gasteiger partial charge in [-0.2, -0.15) is 4.31 Å². The Hall–Kier alpha value is -1.54. The number of nitrogens with one attached hydrogen (secondary N) is 1.